The second-order valence-corrected chi connectivity index (χ2v) is 9.01. The highest BCUT2D eigenvalue weighted by molar-refractivity contribution is 5.45. The number of rotatable bonds is 7. The number of tetrazole rings is 1. The molecule has 0 spiro atoms. The van der Waals surface area contributed by atoms with Gasteiger partial charge in [0.1, 0.15) is 5.75 Å². The number of ether oxygens (including phenoxy) is 1. The summed E-state index contributed by atoms with van der Waals surface area (Å²) >= 11 is 0. The van der Waals surface area contributed by atoms with E-state index in [0.717, 1.165) is 18.5 Å². The fourth-order valence-electron chi connectivity index (χ4n) is 5.18. The first-order valence-corrected chi connectivity index (χ1v) is 11.8. The Kier molecular flexibility index (Phi) is 6.73. The molecule has 2 heterocycles. The van der Waals surface area contributed by atoms with Crippen molar-refractivity contribution in [2.45, 2.75) is 31.0 Å². The molecule has 1 aliphatic rings. The molecular weight excluding hydrogens is 467 g/mol. The van der Waals surface area contributed by atoms with E-state index in [9.17, 15) is 13.2 Å². The molecule has 5 rings (SSSR count). The van der Waals surface area contributed by atoms with Crippen LogP contribution in [0.1, 0.15) is 34.9 Å². The summed E-state index contributed by atoms with van der Waals surface area (Å²) < 4.78 is 46.3. The quantitative estimate of drug-likeness (QED) is 0.391. The Morgan fingerprint density at radius 2 is 1.67 bits per heavy atom. The zero-order valence-corrected chi connectivity index (χ0v) is 19.7. The minimum atomic E-state index is -4.66. The van der Waals surface area contributed by atoms with Gasteiger partial charge in [-0.25, -0.2) is 0 Å². The molecular formula is C27H26F3N5O. The second-order valence-electron chi connectivity index (χ2n) is 9.01. The van der Waals surface area contributed by atoms with Crippen LogP contribution in [0.5, 0.6) is 5.75 Å². The Balaban J connectivity index is 1.39. The van der Waals surface area contributed by atoms with E-state index < -0.39 is 12.0 Å². The highest BCUT2D eigenvalue weighted by Crippen LogP contribution is 2.38. The van der Waals surface area contributed by atoms with Crippen molar-refractivity contribution in [3.63, 3.8) is 0 Å². The molecule has 1 aromatic heterocycles. The fourth-order valence-corrected chi connectivity index (χ4v) is 5.18. The minimum absolute atomic E-state index is 0.144. The van der Waals surface area contributed by atoms with E-state index in [2.05, 4.69) is 69.4 Å². The molecule has 1 N–H and O–H groups in total. The molecule has 2 atom stereocenters. The van der Waals surface area contributed by atoms with Crippen molar-refractivity contribution in [2.24, 2.45) is 5.92 Å². The van der Waals surface area contributed by atoms with Crippen molar-refractivity contribution in [1.29, 1.82) is 0 Å². The van der Waals surface area contributed by atoms with Crippen molar-refractivity contribution >= 4 is 0 Å². The molecule has 0 aliphatic carbocycles. The molecule has 1 fully saturated rings. The van der Waals surface area contributed by atoms with Crippen molar-refractivity contribution < 1.29 is 17.9 Å². The molecule has 1 saturated heterocycles. The van der Waals surface area contributed by atoms with Crippen LogP contribution in [0.3, 0.4) is 0 Å². The molecule has 9 heteroatoms. The van der Waals surface area contributed by atoms with Crippen LogP contribution in [0.4, 0.5) is 13.2 Å². The highest BCUT2D eigenvalue weighted by atomic mass is 19.4. The molecule has 4 aromatic rings. The Bertz CT molecular complexity index is 1250. The van der Waals surface area contributed by atoms with E-state index >= 15 is 0 Å². The Hall–Kier alpha value is -3.72. The van der Waals surface area contributed by atoms with E-state index in [4.69, 9.17) is 4.74 Å². The summed E-state index contributed by atoms with van der Waals surface area (Å²) in [7, 11) is 1.56. The lowest BCUT2D eigenvalue weighted by Crippen LogP contribution is -2.24. The molecule has 36 heavy (non-hydrogen) atoms. The maximum absolute atomic E-state index is 13.3. The van der Waals surface area contributed by atoms with Gasteiger partial charge in [0.15, 0.2) is 0 Å². The van der Waals surface area contributed by atoms with Crippen LogP contribution in [-0.4, -0.2) is 39.9 Å². The van der Waals surface area contributed by atoms with Crippen LogP contribution < -0.4 is 10.1 Å². The minimum Gasteiger partial charge on any atom is -0.496 e. The smallest absolute Gasteiger partial charge is 0.453 e. The number of hydrogen-bond acceptors (Lipinski definition) is 5. The van der Waals surface area contributed by atoms with Gasteiger partial charge in [0.05, 0.1) is 12.8 Å². The molecule has 6 nitrogen and oxygen atoms in total. The number of halogens is 3. The molecule has 2 unspecified atom stereocenters. The van der Waals surface area contributed by atoms with Gasteiger partial charge in [-0.05, 0) is 70.6 Å². The normalized spacial score (nSPS) is 18.0. The van der Waals surface area contributed by atoms with Crippen LogP contribution in [0.25, 0.3) is 5.69 Å². The average Bonchev–Trinajstić information content (AvgIpc) is 3.56. The summed E-state index contributed by atoms with van der Waals surface area (Å²) in [5, 5.41) is 13.6. The van der Waals surface area contributed by atoms with Gasteiger partial charge in [-0.15, -0.1) is 5.10 Å². The van der Waals surface area contributed by atoms with Gasteiger partial charge in [0.2, 0.25) is 0 Å². The Labute approximate surface area is 207 Å². The molecule has 0 bridgehead atoms. The lowest BCUT2D eigenvalue weighted by molar-refractivity contribution is -0.146. The number of benzene rings is 3. The average molecular weight is 494 g/mol. The summed E-state index contributed by atoms with van der Waals surface area (Å²) in [4.78, 5) is 0. The molecule has 3 aromatic carbocycles. The van der Waals surface area contributed by atoms with E-state index in [1.807, 2.05) is 12.1 Å². The summed E-state index contributed by atoms with van der Waals surface area (Å²) in [6.07, 6.45) is -3.14. The standard InChI is InChI=1S/C27H26F3N5O/c1-36-24-13-12-23(35-26(27(28,29)30)32-33-34-35)16-20(24)14-22-15-21(17-31-22)25(18-8-4-2-5-9-18)19-10-6-3-7-11-19/h2-13,16,21-22,25,31H,14-15,17H2,1H3. The molecule has 0 amide bonds. The van der Waals surface area contributed by atoms with Crippen molar-refractivity contribution in [1.82, 2.24) is 25.5 Å². The number of nitrogens with zero attached hydrogens (tertiary/aromatic N) is 4. The van der Waals surface area contributed by atoms with Gasteiger partial charge in [0, 0.05) is 12.0 Å². The monoisotopic (exact) mass is 493 g/mol. The van der Waals surface area contributed by atoms with Crippen molar-refractivity contribution in [3.8, 4) is 11.4 Å². The first-order valence-electron chi connectivity index (χ1n) is 11.8. The summed E-state index contributed by atoms with van der Waals surface area (Å²) in [6.45, 7) is 0.840. The Morgan fingerprint density at radius 3 is 2.28 bits per heavy atom. The van der Waals surface area contributed by atoms with Crippen LogP contribution in [-0.2, 0) is 12.6 Å². The van der Waals surface area contributed by atoms with Gasteiger partial charge < -0.3 is 10.1 Å². The molecule has 0 radical (unpaired) electrons. The van der Waals surface area contributed by atoms with E-state index in [0.29, 0.717) is 22.8 Å². The first kappa shape index (κ1) is 24.0. The number of nitrogens with one attached hydrogen (secondary N) is 1. The topological polar surface area (TPSA) is 64.9 Å². The predicted octanol–water partition coefficient (Wildman–Crippen LogP) is 5.04. The number of hydrogen-bond donors (Lipinski definition) is 1. The molecule has 1 aliphatic heterocycles. The largest absolute Gasteiger partial charge is 0.496 e. The van der Waals surface area contributed by atoms with E-state index in [1.54, 1.807) is 19.2 Å². The summed E-state index contributed by atoms with van der Waals surface area (Å²) in [5.41, 5.74) is 3.58. The lowest BCUT2D eigenvalue weighted by Gasteiger charge is -2.24. The third-order valence-electron chi connectivity index (χ3n) is 6.74. The van der Waals surface area contributed by atoms with Gasteiger partial charge >= 0.3 is 6.18 Å². The fraction of sp³-hybridized carbons (Fsp3) is 0.296. The number of alkyl halides is 3. The van der Waals surface area contributed by atoms with Gasteiger partial charge in [0.25, 0.3) is 5.82 Å². The lowest BCUT2D eigenvalue weighted by atomic mass is 9.79. The highest BCUT2D eigenvalue weighted by Gasteiger charge is 2.38. The van der Waals surface area contributed by atoms with Crippen molar-refractivity contribution in [2.75, 3.05) is 13.7 Å². The van der Waals surface area contributed by atoms with Gasteiger partial charge in [-0.1, -0.05) is 60.7 Å². The van der Waals surface area contributed by atoms with Crippen LogP contribution >= 0.6 is 0 Å². The SMILES string of the molecule is COc1ccc(-n2nnnc2C(F)(F)F)cc1CC1CC(C(c2ccccc2)c2ccccc2)CN1. The van der Waals surface area contributed by atoms with Gasteiger partial charge in [-0.3, -0.25) is 0 Å². The Morgan fingerprint density at radius 1 is 1.00 bits per heavy atom. The molecule has 186 valence electrons. The zero-order chi connectivity index (χ0) is 25.1. The first-order chi connectivity index (χ1) is 17.4. The predicted molar refractivity (Wildman–Crippen MR) is 129 cm³/mol. The molecule has 0 saturated carbocycles. The maximum atomic E-state index is 13.3. The van der Waals surface area contributed by atoms with Crippen LogP contribution in [0.15, 0.2) is 78.9 Å². The second kappa shape index (κ2) is 10.1. The third-order valence-corrected chi connectivity index (χ3v) is 6.74. The summed E-state index contributed by atoms with van der Waals surface area (Å²) in [6, 6.07) is 26.0. The van der Waals surface area contributed by atoms with E-state index in [-0.39, 0.29) is 17.6 Å². The third kappa shape index (κ3) is 4.97. The van der Waals surface area contributed by atoms with Crippen LogP contribution in [0, 0.1) is 5.92 Å². The number of aromatic nitrogens is 4. The van der Waals surface area contributed by atoms with Crippen molar-refractivity contribution in [3.05, 3.63) is 101 Å². The zero-order valence-electron chi connectivity index (χ0n) is 19.7. The summed E-state index contributed by atoms with van der Waals surface area (Å²) in [5.74, 6) is 0.0681. The van der Waals surface area contributed by atoms with Gasteiger partial charge in [-0.2, -0.15) is 17.9 Å². The maximum Gasteiger partial charge on any atom is 0.453 e. The number of methoxy groups -OCH3 is 1. The van der Waals surface area contributed by atoms with E-state index in [1.165, 1.54) is 17.2 Å². The van der Waals surface area contributed by atoms with Crippen LogP contribution in [0.2, 0.25) is 0 Å².